The summed E-state index contributed by atoms with van der Waals surface area (Å²) in [6, 6.07) is 0.397. The number of aryl methyl sites for hydroxylation is 1. The quantitative estimate of drug-likeness (QED) is 0.676. The van der Waals surface area contributed by atoms with E-state index in [0.717, 1.165) is 71.2 Å². The minimum absolute atomic E-state index is 0. The van der Waals surface area contributed by atoms with Gasteiger partial charge in [-0.1, -0.05) is 0 Å². The topological polar surface area (TPSA) is 87.5 Å². The standard InChI is InChI=1S/C18H22N8S.ClH/c1-12-8-20-17-16(12)18(22-11-21-17)25-6-7-27-15(10-25)14-9-23-26(24-14)13-2-4-19-5-3-13;/h8-11,13,19H,2-7H2,1H3,(H,20,21,22);1H. The lowest BCUT2D eigenvalue weighted by Crippen LogP contribution is -2.30. The first kappa shape index (κ1) is 19.2. The van der Waals surface area contributed by atoms with E-state index in [2.05, 4.69) is 43.4 Å². The highest BCUT2D eigenvalue weighted by Crippen LogP contribution is 2.34. The van der Waals surface area contributed by atoms with Crippen molar-refractivity contribution in [3.05, 3.63) is 36.2 Å². The number of hydrogen-bond donors (Lipinski definition) is 2. The van der Waals surface area contributed by atoms with E-state index in [-0.39, 0.29) is 12.4 Å². The summed E-state index contributed by atoms with van der Waals surface area (Å²) in [6.45, 7) is 5.06. The molecule has 0 bridgehead atoms. The van der Waals surface area contributed by atoms with Gasteiger partial charge in [0.1, 0.15) is 23.5 Å². The lowest BCUT2D eigenvalue weighted by Gasteiger charge is -2.25. The fourth-order valence-corrected chi connectivity index (χ4v) is 4.67. The fourth-order valence-electron chi connectivity index (χ4n) is 3.72. The fraction of sp³-hybridized carbons (Fsp3) is 0.444. The number of H-pyrrole nitrogens is 1. The number of piperidine rings is 1. The number of thioether (sulfide) groups is 1. The molecule has 1 saturated heterocycles. The van der Waals surface area contributed by atoms with Gasteiger partial charge < -0.3 is 15.2 Å². The van der Waals surface area contributed by atoms with E-state index in [1.807, 2.05) is 29.0 Å². The van der Waals surface area contributed by atoms with E-state index < -0.39 is 0 Å². The molecule has 1 fully saturated rings. The molecular weight excluding hydrogens is 396 g/mol. The maximum absolute atomic E-state index is 4.78. The third kappa shape index (κ3) is 3.49. The monoisotopic (exact) mass is 418 g/mol. The van der Waals surface area contributed by atoms with Crippen molar-refractivity contribution in [3.63, 3.8) is 0 Å². The smallest absolute Gasteiger partial charge is 0.145 e. The molecule has 0 spiro atoms. The van der Waals surface area contributed by atoms with Crippen molar-refractivity contribution in [3.8, 4) is 0 Å². The Labute approximate surface area is 173 Å². The number of nitrogens with zero attached hydrogens (tertiary/aromatic N) is 6. The number of halogens is 1. The van der Waals surface area contributed by atoms with E-state index in [1.165, 1.54) is 0 Å². The van der Waals surface area contributed by atoms with Gasteiger partial charge in [0, 0.05) is 24.7 Å². The summed E-state index contributed by atoms with van der Waals surface area (Å²) in [5.41, 5.74) is 2.98. The highest BCUT2D eigenvalue weighted by atomic mass is 35.5. The lowest BCUT2D eigenvalue weighted by atomic mass is 10.1. The molecule has 0 aromatic carbocycles. The molecule has 28 heavy (non-hydrogen) atoms. The van der Waals surface area contributed by atoms with Gasteiger partial charge in [-0.2, -0.15) is 15.0 Å². The molecule has 5 heterocycles. The number of aromatic amines is 1. The third-order valence-electron chi connectivity index (χ3n) is 5.18. The van der Waals surface area contributed by atoms with Gasteiger partial charge in [0.2, 0.25) is 0 Å². The first-order valence-corrected chi connectivity index (χ1v) is 10.3. The largest absolute Gasteiger partial charge is 0.346 e. The maximum Gasteiger partial charge on any atom is 0.145 e. The first-order valence-electron chi connectivity index (χ1n) is 9.32. The molecule has 0 radical (unpaired) electrons. The van der Waals surface area contributed by atoms with Crippen LogP contribution < -0.4 is 10.2 Å². The van der Waals surface area contributed by atoms with Gasteiger partial charge in [-0.3, -0.25) is 0 Å². The second-order valence-corrected chi connectivity index (χ2v) is 8.10. The van der Waals surface area contributed by atoms with Gasteiger partial charge in [-0.15, -0.1) is 24.2 Å². The number of rotatable bonds is 3. The SMILES string of the molecule is Cc1c[nH]c2ncnc(N3C=C(c4cnn(C5CCNCC5)n4)SCC3)c12.Cl. The Hall–Kier alpha value is -2.10. The number of nitrogens with one attached hydrogen (secondary N) is 2. The van der Waals surface area contributed by atoms with Crippen molar-refractivity contribution >= 4 is 45.9 Å². The molecule has 8 nitrogen and oxygen atoms in total. The zero-order valence-electron chi connectivity index (χ0n) is 15.6. The van der Waals surface area contributed by atoms with Crippen LogP contribution >= 0.6 is 24.2 Å². The zero-order chi connectivity index (χ0) is 18.2. The zero-order valence-corrected chi connectivity index (χ0v) is 17.3. The summed E-state index contributed by atoms with van der Waals surface area (Å²) >= 11 is 1.83. The third-order valence-corrected chi connectivity index (χ3v) is 6.19. The van der Waals surface area contributed by atoms with Crippen molar-refractivity contribution in [1.82, 2.24) is 35.3 Å². The predicted molar refractivity (Wildman–Crippen MR) is 115 cm³/mol. The summed E-state index contributed by atoms with van der Waals surface area (Å²) < 4.78 is 0. The molecular formula is C18H23ClN8S. The molecule has 2 N–H and O–H groups in total. The molecule has 0 amide bonds. The average Bonchev–Trinajstić information content (AvgIpc) is 3.36. The van der Waals surface area contributed by atoms with Crippen molar-refractivity contribution in [2.45, 2.75) is 25.8 Å². The molecule has 0 saturated carbocycles. The van der Waals surface area contributed by atoms with E-state index >= 15 is 0 Å². The highest BCUT2D eigenvalue weighted by molar-refractivity contribution is 8.08. The van der Waals surface area contributed by atoms with Crippen LogP contribution in [-0.4, -0.2) is 55.3 Å². The highest BCUT2D eigenvalue weighted by Gasteiger charge is 2.22. The van der Waals surface area contributed by atoms with Gasteiger partial charge in [-0.25, -0.2) is 9.97 Å². The van der Waals surface area contributed by atoms with E-state index in [4.69, 9.17) is 5.10 Å². The molecule has 3 aromatic heterocycles. The van der Waals surface area contributed by atoms with Crippen LogP contribution in [0.5, 0.6) is 0 Å². The molecule has 10 heteroatoms. The van der Waals surface area contributed by atoms with Crippen LogP contribution in [0, 0.1) is 6.92 Å². The molecule has 3 aromatic rings. The van der Waals surface area contributed by atoms with Crippen LogP contribution in [0.15, 0.2) is 24.9 Å². The van der Waals surface area contributed by atoms with Crippen LogP contribution in [0.3, 0.4) is 0 Å². The molecule has 148 valence electrons. The molecule has 5 rings (SSSR count). The minimum Gasteiger partial charge on any atom is -0.346 e. The van der Waals surface area contributed by atoms with Crippen molar-refractivity contribution in [2.75, 3.05) is 30.3 Å². The lowest BCUT2D eigenvalue weighted by molar-refractivity contribution is 0.313. The average molecular weight is 419 g/mol. The summed E-state index contributed by atoms with van der Waals surface area (Å²) in [4.78, 5) is 17.4. The number of anilines is 1. The van der Waals surface area contributed by atoms with Gasteiger partial charge in [0.15, 0.2) is 0 Å². The summed E-state index contributed by atoms with van der Waals surface area (Å²) in [5, 5.41) is 13.8. The Balaban J connectivity index is 0.00000192. The number of fused-ring (bicyclic) bond motifs is 1. The van der Waals surface area contributed by atoms with Crippen molar-refractivity contribution in [2.24, 2.45) is 0 Å². The van der Waals surface area contributed by atoms with E-state index in [9.17, 15) is 0 Å². The van der Waals surface area contributed by atoms with Gasteiger partial charge in [-0.05, 0) is 38.4 Å². The Bertz CT molecular complexity index is 991. The number of aromatic nitrogens is 6. The van der Waals surface area contributed by atoms with Crippen molar-refractivity contribution < 1.29 is 0 Å². The molecule has 0 aliphatic carbocycles. The van der Waals surface area contributed by atoms with Crippen LogP contribution in [0.1, 0.15) is 30.1 Å². The Morgan fingerprint density at radius 2 is 2.07 bits per heavy atom. The Morgan fingerprint density at radius 3 is 2.93 bits per heavy atom. The van der Waals surface area contributed by atoms with Crippen LogP contribution in [0.25, 0.3) is 15.9 Å². The summed E-state index contributed by atoms with van der Waals surface area (Å²) in [7, 11) is 0. The molecule has 0 unspecified atom stereocenters. The first-order chi connectivity index (χ1) is 13.3. The van der Waals surface area contributed by atoms with E-state index in [0.29, 0.717) is 6.04 Å². The van der Waals surface area contributed by atoms with Crippen LogP contribution in [0.2, 0.25) is 0 Å². The van der Waals surface area contributed by atoms with Gasteiger partial charge in [0.25, 0.3) is 0 Å². The summed E-state index contributed by atoms with van der Waals surface area (Å²) in [5.74, 6) is 1.93. The predicted octanol–water partition coefficient (Wildman–Crippen LogP) is 2.76. The van der Waals surface area contributed by atoms with Gasteiger partial charge >= 0.3 is 0 Å². The molecule has 0 atom stereocenters. The van der Waals surface area contributed by atoms with Crippen LogP contribution in [0.4, 0.5) is 5.82 Å². The Kier molecular flexibility index (Phi) is 5.56. The van der Waals surface area contributed by atoms with E-state index in [1.54, 1.807) is 6.33 Å². The summed E-state index contributed by atoms with van der Waals surface area (Å²) in [6.07, 6.45) is 9.81. The second-order valence-electron chi connectivity index (χ2n) is 6.96. The minimum atomic E-state index is 0. The maximum atomic E-state index is 4.78. The Morgan fingerprint density at radius 1 is 1.21 bits per heavy atom. The van der Waals surface area contributed by atoms with Gasteiger partial charge in [0.05, 0.1) is 22.5 Å². The van der Waals surface area contributed by atoms with Crippen LogP contribution in [-0.2, 0) is 0 Å². The second kappa shape index (κ2) is 8.10. The van der Waals surface area contributed by atoms with Crippen molar-refractivity contribution in [1.29, 1.82) is 0 Å². The normalized spacial score (nSPS) is 18.2. The number of hydrogen-bond acceptors (Lipinski definition) is 7. The molecule has 2 aliphatic heterocycles. The molecule has 2 aliphatic rings.